The molecule has 0 bridgehead atoms. The van der Waals surface area contributed by atoms with E-state index in [1.54, 1.807) is 14.2 Å². The summed E-state index contributed by atoms with van der Waals surface area (Å²) < 4.78 is 13.0. The number of hydrogen-bond acceptors (Lipinski definition) is 4. The molecule has 2 aromatic heterocycles. The highest BCUT2D eigenvalue weighted by atomic mass is 35.5. The fourth-order valence-electron chi connectivity index (χ4n) is 3.80. The van der Waals surface area contributed by atoms with Crippen molar-refractivity contribution in [3.05, 3.63) is 77.4 Å². The average molecular weight is 430 g/mol. The molecule has 0 amide bonds. The summed E-state index contributed by atoms with van der Waals surface area (Å²) in [5, 5.41) is 7.56. The number of rotatable bonds is 4. The molecule has 154 valence electrons. The topological polar surface area (TPSA) is 49.2 Å². The summed E-state index contributed by atoms with van der Waals surface area (Å²) in [5.74, 6) is 1.28. The lowest BCUT2D eigenvalue weighted by atomic mass is 10.1. The molecule has 0 unspecified atom stereocenters. The number of halogens is 1. The first kappa shape index (κ1) is 19.4. The van der Waals surface area contributed by atoms with E-state index in [0.717, 1.165) is 38.8 Å². The molecule has 0 fully saturated rings. The average Bonchev–Trinajstić information content (AvgIpc) is 3.19. The summed E-state index contributed by atoms with van der Waals surface area (Å²) in [6.45, 7) is 2.07. The van der Waals surface area contributed by atoms with Crippen LogP contribution in [0.5, 0.6) is 11.5 Å². The lowest BCUT2D eigenvalue weighted by molar-refractivity contribution is 0.356. The molecule has 0 aliphatic heterocycles. The lowest BCUT2D eigenvalue weighted by Gasteiger charge is -2.11. The standard InChI is InChI=1S/C25H20ClN3O2/c1-15-4-6-16(7-5-15)24-20-14-27-21-13-23(31-3)22(30-2)12-19(21)25(20)29(28-24)18-10-8-17(26)9-11-18/h4-14H,1-3H3. The van der Waals surface area contributed by atoms with Crippen molar-refractivity contribution < 1.29 is 9.47 Å². The number of ether oxygens (including phenoxy) is 2. The van der Waals surface area contributed by atoms with Gasteiger partial charge in [0.1, 0.15) is 5.69 Å². The fourth-order valence-corrected chi connectivity index (χ4v) is 3.93. The molecule has 0 atom stereocenters. The molecule has 31 heavy (non-hydrogen) atoms. The normalized spacial score (nSPS) is 11.2. The molecule has 0 spiro atoms. The van der Waals surface area contributed by atoms with E-state index in [1.807, 2.05) is 47.3 Å². The minimum Gasteiger partial charge on any atom is -0.493 e. The van der Waals surface area contributed by atoms with Gasteiger partial charge in [0, 0.05) is 33.6 Å². The van der Waals surface area contributed by atoms with Crippen LogP contribution in [-0.4, -0.2) is 29.0 Å². The number of methoxy groups -OCH3 is 2. The van der Waals surface area contributed by atoms with E-state index in [4.69, 9.17) is 31.2 Å². The third-order valence-corrected chi connectivity index (χ3v) is 5.66. The molecule has 0 aliphatic rings. The SMILES string of the molecule is COc1cc2ncc3c(-c4ccc(C)cc4)nn(-c4ccc(Cl)cc4)c3c2cc1OC. The smallest absolute Gasteiger partial charge is 0.162 e. The summed E-state index contributed by atoms with van der Waals surface area (Å²) in [6.07, 6.45) is 1.87. The molecular formula is C25H20ClN3O2. The van der Waals surface area contributed by atoms with Crippen molar-refractivity contribution in [1.29, 1.82) is 0 Å². The highest BCUT2D eigenvalue weighted by molar-refractivity contribution is 6.30. The molecule has 6 heteroatoms. The quantitative estimate of drug-likeness (QED) is 0.340. The van der Waals surface area contributed by atoms with Gasteiger partial charge in [-0.2, -0.15) is 5.10 Å². The van der Waals surface area contributed by atoms with Crippen molar-refractivity contribution in [2.24, 2.45) is 0 Å². The fraction of sp³-hybridized carbons (Fsp3) is 0.120. The van der Waals surface area contributed by atoms with Crippen LogP contribution in [0.4, 0.5) is 0 Å². The van der Waals surface area contributed by atoms with Crippen LogP contribution >= 0.6 is 11.6 Å². The number of pyridine rings is 1. The Kier molecular flexibility index (Phi) is 4.75. The Morgan fingerprint density at radius 2 is 1.52 bits per heavy atom. The van der Waals surface area contributed by atoms with E-state index in [0.29, 0.717) is 16.5 Å². The van der Waals surface area contributed by atoms with Crippen LogP contribution in [-0.2, 0) is 0 Å². The Hall–Kier alpha value is -3.57. The van der Waals surface area contributed by atoms with E-state index in [9.17, 15) is 0 Å². The van der Waals surface area contributed by atoms with Crippen LogP contribution in [0, 0.1) is 6.92 Å². The van der Waals surface area contributed by atoms with Gasteiger partial charge in [0.05, 0.1) is 30.9 Å². The molecule has 5 aromatic rings. The van der Waals surface area contributed by atoms with Crippen LogP contribution in [0.1, 0.15) is 5.56 Å². The first-order valence-corrected chi connectivity index (χ1v) is 10.2. The Balaban J connectivity index is 1.89. The molecule has 3 aromatic carbocycles. The van der Waals surface area contributed by atoms with Crippen molar-refractivity contribution in [3.63, 3.8) is 0 Å². The van der Waals surface area contributed by atoms with E-state index in [2.05, 4.69) is 31.2 Å². The number of nitrogens with zero attached hydrogens (tertiary/aromatic N) is 3. The highest BCUT2D eigenvalue weighted by Gasteiger charge is 2.19. The van der Waals surface area contributed by atoms with Crippen molar-refractivity contribution in [2.75, 3.05) is 14.2 Å². The van der Waals surface area contributed by atoms with Gasteiger partial charge >= 0.3 is 0 Å². The van der Waals surface area contributed by atoms with Gasteiger partial charge in [-0.1, -0.05) is 41.4 Å². The highest BCUT2D eigenvalue weighted by Crippen LogP contribution is 2.38. The maximum atomic E-state index is 6.13. The van der Waals surface area contributed by atoms with Crippen LogP contribution in [0.2, 0.25) is 5.02 Å². The maximum absolute atomic E-state index is 6.13. The molecule has 2 heterocycles. The second-order valence-corrected chi connectivity index (χ2v) is 7.78. The summed E-state index contributed by atoms with van der Waals surface area (Å²) in [6, 6.07) is 19.8. The summed E-state index contributed by atoms with van der Waals surface area (Å²) >= 11 is 6.13. The molecule has 5 nitrogen and oxygen atoms in total. The predicted molar refractivity (Wildman–Crippen MR) is 125 cm³/mol. The zero-order valence-corrected chi connectivity index (χ0v) is 18.1. The number of aryl methyl sites for hydroxylation is 1. The minimum absolute atomic E-state index is 0.637. The van der Waals surface area contributed by atoms with Crippen molar-refractivity contribution in [3.8, 4) is 28.4 Å². The first-order valence-electron chi connectivity index (χ1n) is 9.85. The third-order valence-electron chi connectivity index (χ3n) is 5.41. The summed E-state index contributed by atoms with van der Waals surface area (Å²) in [4.78, 5) is 4.71. The number of fused-ring (bicyclic) bond motifs is 3. The largest absolute Gasteiger partial charge is 0.493 e. The molecule has 0 aliphatic carbocycles. The molecule has 0 saturated heterocycles. The third kappa shape index (κ3) is 3.27. The number of hydrogen-bond donors (Lipinski definition) is 0. The second-order valence-electron chi connectivity index (χ2n) is 7.35. The van der Waals surface area contributed by atoms with Gasteiger partial charge in [0.25, 0.3) is 0 Å². The zero-order chi connectivity index (χ0) is 21.5. The van der Waals surface area contributed by atoms with E-state index >= 15 is 0 Å². The first-order chi connectivity index (χ1) is 15.1. The maximum Gasteiger partial charge on any atom is 0.162 e. The lowest BCUT2D eigenvalue weighted by Crippen LogP contribution is -1.98. The van der Waals surface area contributed by atoms with Crippen molar-refractivity contribution in [2.45, 2.75) is 6.92 Å². The monoisotopic (exact) mass is 429 g/mol. The minimum atomic E-state index is 0.637. The Bertz CT molecular complexity index is 1410. The number of benzene rings is 3. The van der Waals surface area contributed by atoms with E-state index in [1.165, 1.54) is 5.56 Å². The van der Waals surface area contributed by atoms with Gasteiger partial charge in [-0.3, -0.25) is 4.98 Å². The van der Waals surface area contributed by atoms with Gasteiger partial charge in [0.2, 0.25) is 0 Å². The van der Waals surface area contributed by atoms with Gasteiger partial charge in [-0.05, 0) is 37.3 Å². The molecule has 0 radical (unpaired) electrons. The van der Waals surface area contributed by atoms with Gasteiger partial charge in [-0.15, -0.1) is 0 Å². The van der Waals surface area contributed by atoms with Gasteiger partial charge in [-0.25, -0.2) is 4.68 Å². The predicted octanol–water partition coefficient (Wildman–Crippen LogP) is 6.22. The molecule has 0 saturated carbocycles. The Morgan fingerprint density at radius 3 is 2.19 bits per heavy atom. The van der Waals surface area contributed by atoms with Crippen LogP contribution in [0.25, 0.3) is 38.8 Å². The van der Waals surface area contributed by atoms with E-state index in [-0.39, 0.29) is 0 Å². The molecule has 5 rings (SSSR count). The molecular weight excluding hydrogens is 410 g/mol. The molecule has 0 N–H and O–H groups in total. The summed E-state index contributed by atoms with van der Waals surface area (Å²) in [5.41, 5.74) is 5.76. The van der Waals surface area contributed by atoms with Gasteiger partial charge < -0.3 is 9.47 Å². The van der Waals surface area contributed by atoms with Crippen LogP contribution in [0.15, 0.2) is 66.9 Å². The van der Waals surface area contributed by atoms with Crippen LogP contribution < -0.4 is 9.47 Å². The number of aromatic nitrogens is 3. The van der Waals surface area contributed by atoms with Gasteiger partial charge in [0.15, 0.2) is 11.5 Å². The summed E-state index contributed by atoms with van der Waals surface area (Å²) in [7, 11) is 3.25. The van der Waals surface area contributed by atoms with E-state index < -0.39 is 0 Å². The Labute approximate surface area is 184 Å². The second kappa shape index (κ2) is 7.60. The van der Waals surface area contributed by atoms with Crippen LogP contribution in [0.3, 0.4) is 0 Å². The van der Waals surface area contributed by atoms with Crippen molar-refractivity contribution >= 4 is 33.4 Å². The van der Waals surface area contributed by atoms with Crippen molar-refractivity contribution in [1.82, 2.24) is 14.8 Å². The Morgan fingerprint density at radius 1 is 0.839 bits per heavy atom. The zero-order valence-electron chi connectivity index (χ0n) is 17.4.